The maximum absolute atomic E-state index is 13.9. The van der Waals surface area contributed by atoms with Gasteiger partial charge in [0, 0.05) is 31.2 Å². The number of anilines is 1. The van der Waals surface area contributed by atoms with E-state index in [9.17, 15) is 18.0 Å². The minimum atomic E-state index is -3.99. The molecule has 1 fully saturated rings. The van der Waals surface area contributed by atoms with Gasteiger partial charge in [0.15, 0.2) is 0 Å². The lowest BCUT2D eigenvalue weighted by molar-refractivity contribution is -0.139. The Labute approximate surface area is 229 Å². The van der Waals surface area contributed by atoms with Crippen LogP contribution in [0.25, 0.3) is 0 Å². The summed E-state index contributed by atoms with van der Waals surface area (Å²) < 4.78 is 29.9. The fraction of sp³-hybridized carbons (Fsp3) is 0.481. The van der Waals surface area contributed by atoms with Crippen LogP contribution in [0.2, 0.25) is 0 Å². The van der Waals surface area contributed by atoms with Gasteiger partial charge >= 0.3 is 10.2 Å². The first-order valence-corrected chi connectivity index (χ1v) is 14.7. The van der Waals surface area contributed by atoms with Crippen LogP contribution in [-0.2, 0) is 26.3 Å². The summed E-state index contributed by atoms with van der Waals surface area (Å²) in [5.74, 6) is -0.686. The van der Waals surface area contributed by atoms with E-state index >= 15 is 0 Å². The highest BCUT2D eigenvalue weighted by molar-refractivity contribution is 9.10. The average Bonchev–Trinajstić information content (AvgIpc) is 3.36. The molecule has 0 saturated heterocycles. The predicted molar refractivity (Wildman–Crippen MR) is 150 cm³/mol. The van der Waals surface area contributed by atoms with E-state index in [4.69, 9.17) is 0 Å². The lowest BCUT2D eigenvalue weighted by Gasteiger charge is -2.33. The lowest BCUT2D eigenvalue weighted by atomic mass is 10.1. The molecule has 37 heavy (non-hydrogen) atoms. The number of hydrogen-bond donors (Lipinski definition) is 1. The number of nitrogens with one attached hydrogen (secondary N) is 1. The minimum absolute atomic E-state index is 0.111. The molecule has 2 amide bonds. The van der Waals surface area contributed by atoms with E-state index in [0.717, 1.165) is 55.5 Å². The number of hydrogen-bond acceptors (Lipinski definition) is 4. The second-order valence-corrected chi connectivity index (χ2v) is 12.9. The third kappa shape index (κ3) is 7.33. The second-order valence-electron chi connectivity index (χ2n) is 9.90. The highest BCUT2D eigenvalue weighted by Gasteiger charge is 2.34. The topological polar surface area (TPSA) is 90.0 Å². The number of aryl methyl sites for hydroxylation is 2. The molecule has 0 aromatic heterocycles. The number of amides is 2. The van der Waals surface area contributed by atoms with Gasteiger partial charge in [-0.15, -0.1) is 0 Å². The number of halogens is 1. The normalized spacial score (nSPS) is 15.0. The fourth-order valence-electron chi connectivity index (χ4n) is 4.45. The van der Waals surface area contributed by atoms with Crippen molar-refractivity contribution in [2.45, 2.75) is 65.1 Å². The van der Waals surface area contributed by atoms with Crippen molar-refractivity contribution in [1.29, 1.82) is 0 Å². The van der Waals surface area contributed by atoms with Crippen molar-refractivity contribution in [3.63, 3.8) is 0 Å². The predicted octanol–water partition coefficient (Wildman–Crippen LogP) is 4.15. The molecule has 0 aliphatic heterocycles. The Morgan fingerprint density at radius 1 is 1.05 bits per heavy atom. The van der Waals surface area contributed by atoms with Crippen LogP contribution in [0.4, 0.5) is 5.69 Å². The Morgan fingerprint density at radius 2 is 1.68 bits per heavy atom. The van der Waals surface area contributed by atoms with E-state index < -0.39 is 28.7 Å². The van der Waals surface area contributed by atoms with Gasteiger partial charge in [0.05, 0.1) is 5.69 Å². The maximum atomic E-state index is 13.9. The summed E-state index contributed by atoms with van der Waals surface area (Å²) in [7, 11) is -1.11. The maximum Gasteiger partial charge on any atom is 0.304 e. The highest BCUT2D eigenvalue weighted by Crippen LogP contribution is 2.26. The van der Waals surface area contributed by atoms with E-state index in [-0.39, 0.29) is 18.5 Å². The molecule has 1 N–H and O–H groups in total. The van der Waals surface area contributed by atoms with Crippen LogP contribution in [0.15, 0.2) is 46.9 Å². The number of rotatable bonds is 10. The monoisotopic (exact) mass is 592 g/mol. The van der Waals surface area contributed by atoms with Gasteiger partial charge < -0.3 is 10.2 Å². The SMILES string of the molecule is Cc1ccc(C)c(N(CC(=O)N(Cc2ccc(Br)cc2)[C@H](C)C(=O)NC2CCCC2)S(=O)(=O)N(C)C)c1. The number of nitrogens with zero attached hydrogens (tertiary/aromatic N) is 3. The molecule has 10 heteroatoms. The van der Waals surface area contributed by atoms with Gasteiger partial charge in [-0.05, 0) is 68.5 Å². The van der Waals surface area contributed by atoms with Crippen molar-refractivity contribution in [3.8, 4) is 0 Å². The number of benzene rings is 2. The first-order valence-electron chi connectivity index (χ1n) is 12.5. The Balaban J connectivity index is 1.95. The molecule has 1 atom stereocenters. The van der Waals surface area contributed by atoms with Gasteiger partial charge in [-0.1, -0.05) is 53.0 Å². The van der Waals surface area contributed by atoms with E-state index in [1.165, 1.54) is 19.0 Å². The van der Waals surface area contributed by atoms with Crippen molar-refractivity contribution < 1.29 is 18.0 Å². The molecule has 0 radical (unpaired) electrons. The van der Waals surface area contributed by atoms with Crippen molar-refractivity contribution in [2.24, 2.45) is 0 Å². The summed E-state index contributed by atoms with van der Waals surface area (Å²) in [6, 6.07) is 12.3. The van der Waals surface area contributed by atoms with Crippen LogP contribution >= 0.6 is 15.9 Å². The molecule has 8 nitrogen and oxygen atoms in total. The lowest BCUT2D eigenvalue weighted by Crippen LogP contribution is -2.53. The fourth-order valence-corrected chi connectivity index (χ4v) is 5.83. The van der Waals surface area contributed by atoms with Gasteiger partial charge in [-0.25, -0.2) is 4.31 Å². The Bertz CT molecular complexity index is 1210. The zero-order chi connectivity index (χ0) is 27.3. The molecule has 1 aliphatic carbocycles. The largest absolute Gasteiger partial charge is 0.352 e. The summed E-state index contributed by atoms with van der Waals surface area (Å²) >= 11 is 3.43. The van der Waals surface area contributed by atoms with E-state index in [0.29, 0.717) is 5.69 Å². The number of carbonyl (C=O) groups excluding carboxylic acids is 2. The second kappa shape index (κ2) is 12.4. The summed E-state index contributed by atoms with van der Waals surface area (Å²) in [5.41, 5.74) is 2.89. The van der Waals surface area contributed by atoms with Crippen molar-refractivity contribution in [3.05, 3.63) is 63.6 Å². The molecule has 2 aromatic carbocycles. The highest BCUT2D eigenvalue weighted by atomic mass is 79.9. The third-order valence-electron chi connectivity index (χ3n) is 6.79. The quantitative estimate of drug-likeness (QED) is 0.448. The van der Waals surface area contributed by atoms with E-state index in [1.54, 1.807) is 13.0 Å². The van der Waals surface area contributed by atoms with Crippen molar-refractivity contribution in [2.75, 3.05) is 24.9 Å². The van der Waals surface area contributed by atoms with Gasteiger partial charge in [-0.2, -0.15) is 12.7 Å². The van der Waals surface area contributed by atoms with Gasteiger partial charge in [0.25, 0.3) is 0 Å². The summed E-state index contributed by atoms with van der Waals surface area (Å²) in [6.45, 7) is 5.13. The molecule has 0 heterocycles. The van der Waals surface area contributed by atoms with Crippen molar-refractivity contribution in [1.82, 2.24) is 14.5 Å². The summed E-state index contributed by atoms with van der Waals surface area (Å²) in [5, 5.41) is 3.08. The molecule has 3 rings (SSSR count). The molecule has 2 aromatic rings. The minimum Gasteiger partial charge on any atom is -0.352 e. The molecule has 0 unspecified atom stereocenters. The first-order chi connectivity index (χ1) is 17.4. The third-order valence-corrected chi connectivity index (χ3v) is 9.12. The molecule has 1 saturated carbocycles. The van der Waals surface area contributed by atoms with Gasteiger partial charge in [-0.3, -0.25) is 9.59 Å². The Morgan fingerprint density at radius 3 is 2.27 bits per heavy atom. The van der Waals surface area contributed by atoms with E-state index in [2.05, 4.69) is 21.2 Å². The van der Waals surface area contributed by atoms with Crippen LogP contribution in [-0.4, -0.2) is 62.2 Å². The van der Waals surface area contributed by atoms with Gasteiger partial charge in [0.1, 0.15) is 12.6 Å². The molecule has 0 bridgehead atoms. The molecular formula is C27H37BrN4O4S. The molecule has 202 valence electrons. The first kappa shape index (κ1) is 29.1. The van der Waals surface area contributed by atoms with Crippen LogP contribution in [0, 0.1) is 13.8 Å². The average molecular weight is 594 g/mol. The smallest absolute Gasteiger partial charge is 0.304 e. The standard InChI is InChI=1S/C27H37BrN4O4S/c1-19-10-11-20(2)25(16-19)32(37(35,36)30(4)5)18-26(33)31(17-22-12-14-23(28)15-13-22)21(3)27(34)29-24-8-6-7-9-24/h10-16,21,24H,6-9,17-18H2,1-5H3,(H,29,34)/t21-/m1/s1. The summed E-state index contributed by atoms with van der Waals surface area (Å²) in [6.07, 6.45) is 4.02. The van der Waals surface area contributed by atoms with E-state index in [1.807, 2.05) is 50.2 Å². The molecular weight excluding hydrogens is 556 g/mol. The molecule has 0 spiro atoms. The van der Waals surface area contributed by atoms with Crippen LogP contribution < -0.4 is 9.62 Å². The zero-order valence-corrected chi connectivity index (χ0v) is 24.6. The molecule has 1 aliphatic rings. The summed E-state index contributed by atoms with van der Waals surface area (Å²) in [4.78, 5) is 28.5. The Hall–Kier alpha value is -2.43. The number of carbonyl (C=O) groups is 2. The zero-order valence-electron chi connectivity index (χ0n) is 22.2. The van der Waals surface area contributed by atoms with Crippen molar-refractivity contribution >= 4 is 43.6 Å². The van der Waals surface area contributed by atoms with Crippen LogP contribution in [0.5, 0.6) is 0 Å². The Kier molecular flexibility index (Phi) is 9.77. The van der Waals surface area contributed by atoms with Crippen LogP contribution in [0.3, 0.4) is 0 Å². The van der Waals surface area contributed by atoms with Crippen LogP contribution in [0.1, 0.15) is 49.3 Å². The van der Waals surface area contributed by atoms with Gasteiger partial charge in [0.2, 0.25) is 11.8 Å².